The standard InChI is InChI=1S/C28H25ClN2O5S2/c1-4-35-21-11-9-20(10-12-21)31-27(33)24(38-28(31)37)15-18-13-22(29)26(23(14-18)34-3)36-16-25(32)30-19-7-5-17(2)6-8-19/h5-15H,4,16H2,1-3H3,(H,30,32)/b24-15-. The summed E-state index contributed by atoms with van der Waals surface area (Å²) in [4.78, 5) is 27.4. The van der Waals surface area contributed by atoms with Crippen molar-refractivity contribution in [3.05, 3.63) is 81.7 Å². The van der Waals surface area contributed by atoms with Crippen LogP contribution in [0.5, 0.6) is 17.2 Å². The molecule has 1 saturated heterocycles. The normalized spacial score (nSPS) is 14.1. The Morgan fingerprint density at radius 2 is 1.82 bits per heavy atom. The molecular formula is C28H25ClN2O5S2. The van der Waals surface area contributed by atoms with E-state index in [0.29, 0.717) is 44.3 Å². The van der Waals surface area contributed by atoms with Crippen molar-refractivity contribution >= 4 is 69.2 Å². The number of carbonyl (C=O) groups excluding carboxylic acids is 2. The van der Waals surface area contributed by atoms with Gasteiger partial charge in [0.15, 0.2) is 22.4 Å². The van der Waals surface area contributed by atoms with Crippen molar-refractivity contribution in [3.63, 3.8) is 0 Å². The molecule has 2 amide bonds. The van der Waals surface area contributed by atoms with E-state index >= 15 is 0 Å². The van der Waals surface area contributed by atoms with Crippen molar-refractivity contribution in [2.24, 2.45) is 0 Å². The quantitative estimate of drug-likeness (QED) is 0.234. The van der Waals surface area contributed by atoms with Gasteiger partial charge < -0.3 is 19.5 Å². The summed E-state index contributed by atoms with van der Waals surface area (Å²) in [5.74, 6) is 0.691. The molecule has 0 saturated carbocycles. The third-order valence-corrected chi connectivity index (χ3v) is 7.02. The van der Waals surface area contributed by atoms with Crippen LogP contribution in [0.25, 0.3) is 6.08 Å². The molecule has 1 N–H and O–H groups in total. The van der Waals surface area contributed by atoms with Gasteiger partial charge in [-0.2, -0.15) is 0 Å². The number of aryl methyl sites for hydroxylation is 1. The van der Waals surface area contributed by atoms with E-state index in [-0.39, 0.29) is 29.2 Å². The Labute approximate surface area is 235 Å². The summed E-state index contributed by atoms with van der Waals surface area (Å²) in [5.41, 5.74) is 3.03. The minimum atomic E-state index is -0.339. The Hall–Kier alpha value is -3.53. The summed E-state index contributed by atoms with van der Waals surface area (Å²) in [5, 5.41) is 3.01. The molecule has 0 bridgehead atoms. The molecule has 10 heteroatoms. The lowest BCUT2D eigenvalue weighted by Gasteiger charge is -2.15. The van der Waals surface area contributed by atoms with Crippen LogP contribution in [0.3, 0.4) is 0 Å². The van der Waals surface area contributed by atoms with Crippen molar-refractivity contribution in [2.75, 3.05) is 30.5 Å². The number of hydrogen-bond donors (Lipinski definition) is 1. The molecule has 0 radical (unpaired) electrons. The second-order valence-corrected chi connectivity index (χ2v) is 10.3. The lowest BCUT2D eigenvalue weighted by Crippen LogP contribution is -2.27. The van der Waals surface area contributed by atoms with Crippen LogP contribution >= 0.6 is 35.6 Å². The smallest absolute Gasteiger partial charge is 0.270 e. The van der Waals surface area contributed by atoms with Gasteiger partial charge >= 0.3 is 0 Å². The number of halogens is 1. The van der Waals surface area contributed by atoms with Gasteiger partial charge in [0.05, 0.1) is 29.3 Å². The SMILES string of the molecule is CCOc1ccc(N2C(=O)/C(=C/c3cc(Cl)c(OCC(=O)Nc4ccc(C)cc4)c(OC)c3)SC2=S)cc1. The first kappa shape index (κ1) is 27.5. The summed E-state index contributed by atoms with van der Waals surface area (Å²) in [6, 6.07) is 17.9. The lowest BCUT2D eigenvalue weighted by molar-refractivity contribution is -0.118. The van der Waals surface area contributed by atoms with E-state index in [0.717, 1.165) is 5.56 Å². The van der Waals surface area contributed by atoms with Gasteiger partial charge in [-0.3, -0.25) is 14.5 Å². The monoisotopic (exact) mass is 568 g/mol. The zero-order valence-electron chi connectivity index (χ0n) is 20.9. The maximum Gasteiger partial charge on any atom is 0.270 e. The highest BCUT2D eigenvalue weighted by Crippen LogP contribution is 2.40. The molecular weight excluding hydrogens is 544 g/mol. The molecule has 7 nitrogen and oxygen atoms in total. The van der Waals surface area contributed by atoms with Crippen molar-refractivity contribution in [3.8, 4) is 17.2 Å². The van der Waals surface area contributed by atoms with Gasteiger partial charge in [-0.25, -0.2) is 0 Å². The van der Waals surface area contributed by atoms with Crippen LogP contribution in [0.2, 0.25) is 5.02 Å². The number of anilines is 2. The van der Waals surface area contributed by atoms with Crippen molar-refractivity contribution in [2.45, 2.75) is 13.8 Å². The molecule has 3 aromatic rings. The molecule has 0 spiro atoms. The van der Waals surface area contributed by atoms with Gasteiger partial charge in [-0.15, -0.1) is 0 Å². The number of rotatable bonds is 9. The molecule has 1 heterocycles. The first-order valence-electron chi connectivity index (χ1n) is 11.7. The van der Waals surface area contributed by atoms with Crippen LogP contribution in [0.1, 0.15) is 18.1 Å². The maximum atomic E-state index is 13.2. The lowest BCUT2D eigenvalue weighted by atomic mass is 10.1. The van der Waals surface area contributed by atoms with Crippen LogP contribution in [-0.2, 0) is 9.59 Å². The fourth-order valence-electron chi connectivity index (χ4n) is 3.63. The number of ether oxygens (including phenoxy) is 3. The highest BCUT2D eigenvalue weighted by molar-refractivity contribution is 8.27. The molecule has 0 unspecified atom stereocenters. The third kappa shape index (κ3) is 6.48. The second-order valence-electron chi connectivity index (χ2n) is 8.18. The highest BCUT2D eigenvalue weighted by Gasteiger charge is 2.33. The minimum Gasteiger partial charge on any atom is -0.494 e. The number of amides is 2. The average molecular weight is 569 g/mol. The Morgan fingerprint density at radius 3 is 2.47 bits per heavy atom. The molecule has 38 heavy (non-hydrogen) atoms. The Kier molecular flexibility index (Phi) is 8.93. The highest BCUT2D eigenvalue weighted by atomic mass is 35.5. The first-order valence-corrected chi connectivity index (χ1v) is 13.3. The van der Waals surface area contributed by atoms with E-state index in [4.69, 9.17) is 38.0 Å². The summed E-state index contributed by atoms with van der Waals surface area (Å²) >= 11 is 13.2. The predicted molar refractivity (Wildman–Crippen MR) is 157 cm³/mol. The van der Waals surface area contributed by atoms with Gasteiger partial charge in [0.25, 0.3) is 11.8 Å². The number of thiocarbonyl (C=S) groups is 1. The number of carbonyl (C=O) groups is 2. The second kappa shape index (κ2) is 12.3. The van der Waals surface area contributed by atoms with Crippen molar-refractivity contribution < 1.29 is 23.8 Å². The van der Waals surface area contributed by atoms with Gasteiger partial charge in [-0.1, -0.05) is 53.3 Å². The number of benzene rings is 3. The molecule has 0 aromatic heterocycles. The fourth-order valence-corrected chi connectivity index (χ4v) is 5.21. The largest absolute Gasteiger partial charge is 0.494 e. The van der Waals surface area contributed by atoms with Crippen LogP contribution < -0.4 is 24.4 Å². The minimum absolute atomic E-state index is 0.229. The number of nitrogens with zero attached hydrogens (tertiary/aromatic N) is 1. The van der Waals surface area contributed by atoms with E-state index in [1.807, 2.05) is 38.1 Å². The molecule has 196 valence electrons. The number of nitrogens with one attached hydrogen (secondary N) is 1. The molecule has 4 rings (SSSR count). The van der Waals surface area contributed by atoms with Gasteiger partial charge in [0.1, 0.15) is 5.75 Å². The zero-order valence-corrected chi connectivity index (χ0v) is 23.3. The average Bonchev–Trinajstić information content (AvgIpc) is 3.17. The summed E-state index contributed by atoms with van der Waals surface area (Å²) in [6.45, 7) is 4.17. The van der Waals surface area contributed by atoms with Crippen molar-refractivity contribution in [1.29, 1.82) is 0 Å². The molecule has 1 aliphatic rings. The number of methoxy groups -OCH3 is 1. The Bertz CT molecular complexity index is 1390. The predicted octanol–water partition coefficient (Wildman–Crippen LogP) is 6.48. The molecule has 1 aliphatic heterocycles. The molecule has 0 aliphatic carbocycles. The summed E-state index contributed by atoms with van der Waals surface area (Å²) < 4.78 is 17.0. The van der Waals surface area contributed by atoms with E-state index in [1.165, 1.54) is 23.8 Å². The summed E-state index contributed by atoms with van der Waals surface area (Å²) in [6.07, 6.45) is 1.69. The van der Waals surface area contributed by atoms with Gasteiger partial charge in [-0.05, 0) is 74.0 Å². The van der Waals surface area contributed by atoms with E-state index in [9.17, 15) is 9.59 Å². The first-order chi connectivity index (χ1) is 18.3. The van der Waals surface area contributed by atoms with Gasteiger partial charge in [0.2, 0.25) is 0 Å². The molecule has 0 atom stereocenters. The molecule has 3 aromatic carbocycles. The van der Waals surface area contributed by atoms with Crippen molar-refractivity contribution in [1.82, 2.24) is 0 Å². The molecule has 1 fully saturated rings. The number of hydrogen-bond acceptors (Lipinski definition) is 7. The summed E-state index contributed by atoms with van der Waals surface area (Å²) in [7, 11) is 1.47. The van der Waals surface area contributed by atoms with Crippen LogP contribution in [0, 0.1) is 6.92 Å². The van der Waals surface area contributed by atoms with E-state index in [1.54, 1.807) is 42.5 Å². The number of thioether (sulfide) groups is 1. The zero-order chi connectivity index (χ0) is 27.2. The maximum absolute atomic E-state index is 13.2. The fraction of sp³-hybridized carbons (Fsp3) is 0.179. The van der Waals surface area contributed by atoms with Crippen LogP contribution in [0.4, 0.5) is 11.4 Å². The van der Waals surface area contributed by atoms with Crippen LogP contribution in [0.15, 0.2) is 65.6 Å². The van der Waals surface area contributed by atoms with E-state index < -0.39 is 0 Å². The topological polar surface area (TPSA) is 77.1 Å². The van der Waals surface area contributed by atoms with E-state index in [2.05, 4.69) is 5.32 Å². The Morgan fingerprint density at radius 1 is 1.11 bits per heavy atom. The van der Waals surface area contributed by atoms with Gasteiger partial charge in [0, 0.05) is 5.69 Å². The third-order valence-electron chi connectivity index (χ3n) is 5.43. The Balaban J connectivity index is 1.48. The van der Waals surface area contributed by atoms with Crippen LogP contribution in [-0.4, -0.2) is 36.5 Å².